The molecule has 2 amide bonds. The summed E-state index contributed by atoms with van der Waals surface area (Å²) in [5.74, 6) is 0.149. The van der Waals surface area contributed by atoms with E-state index in [2.05, 4.69) is 17.6 Å². The van der Waals surface area contributed by atoms with E-state index in [4.69, 9.17) is 9.72 Å². The van der Waals surface area contributed by atoms with E-state index in [1.54, 1.807) is 31.4 Å². The second-order valence-electron chi connectivity index (χ2n) is 11.6. The highest BCUT2D eigenvalue weighted by Gasteiger charge is 2.59. The van der Waals surface area contributed by atoms with Gasteiger partial charge in [0.15, 0.2) is 5.13 Å². The zero-order valence-electron chi connectivity index (χ0n) is 23.0. The maximum atomic E-state index is 13.1. The van der Waals surface area contributed by atoms with Crippen molar-refractivity contribution >= 4 is 28.3 Å². The molecule has 5 N–H and O–H groups in total. The number of benzene rings is 1. The van der Waals surface area contributed by atoms with Crippen LogP contribution in [0.5, 0.6) is 5.75 Å². The van der Waals surface area contributed by atoms with Crippen molar-refractivity contribution in [2.45, 2.75) is 51.6 Å². The summed E-state index contributed by atoms with van der Waals surface area (Å²) in [5.41, 5.74) is 0.321. The molecular weight excluding hydrogens is 504 g/mol. The Balaban J connectivity index is 1.64. The van der Waals surface area contributed by atoms with Crippen molar-refractivity contribution < 1.29 is 29.4 Å². The zero-order valence-corrected chi connectivity index (χ0v) is 23.8. The Hall–Kier alpha value is -2.53. The number of carbonyl (C=O) groups is 2. The van der Waals surface area contributed by atoms with Gasteiger partial charge in [0.2, 0.25) is 5.91 Å². The van der Waals surface area contributed by atoms with Crippen LogP contribution in [0.15, 0.2) is 24.3 Å². The van der Waals surface area contributed by atoms with Gasteiger partial charge >= 0.3 is 0 Å². The predicted molar refractivity (Wildman–Crippen MR) is 147 cm³/mol. The van der Waals surface area contributed by atoms with Gasteiger partial charge in [-0.25, -0.2) is 4.98 Å². The van der Waals surface area contributed by atoms with Gasteiger partial charge in [0, 0.05) is 28.2 Å². The van der Waals surface area contributed by atoms with Gasteiger partial charge in [-0.2, -0.15) is 0 Å². The quantitative estimate of drug-likeness (QED) is 0.325. The summed E-state index contributed by atoms with van der Waals surface area (Å²) in [7, 11) is 5.67. The Morgan fingerprint density at radius 1 is 1.24 bits per heavy atom. The highest BCUT2D eigenvalue weighted by Crippen LogP contribution is 2.62. The normalized spacial score (nSPS) is 28.4. The maximum Gasteiger partial charge on any atom is 0.257 e. The zero-order chi connectivity index (χ0) is 27.7. The van der Waals surface area contributed by atoms with Crippen molar-refractivity contribution in [1.29, 1.82) is 0 Å². The van der Waals surface area contributed by atoms with Crippen LogP contribution in [-0.2, 0) is 11.2 Å². The molecule has 1 heterocycles. The molecule has 2 aliphatic rings. The number of methoxy groups -OCH3 is 1. The van der Waals surface area contributed by atoms with E-state index in [1.807, 2.05) is 21.0 Å². The minimum absolute atomic E-state index is 0.0299. The summed E-state index contributed by atoms with van der Waals surface area (Å²) in [6, 6.07) is 6.88. The van der Waals surface area contributed by atoms with Crippen LogP contribution in [0.25, 0.3) is 0 Å². The first-order chi connectivity index (χ1) is 18.0. The first kappa shape index (κ1) is 28.5. The third kappa shape index (κ3) is 5.45. The Labute approximate surface area is 228 Å². The number of hydrogen-bond donors (Lipinski definition) is 5. The van der Waals surface area contributed by atoms with Gasteiger partial charge in [0.1, 0.15) is 5.75 Å². The minimum atomic E-state index is -0.690. The monoisotopic (exact) mass is 545 g/mol. The lowest BCUT2D eigenvalue weighted by molar-refractivity contribution is -0.856. The topological polar surface area (TPSA) is 125 Å². The van der Waals surface area contributed by atoms with E-state index in [1.165, 1.54) is 16.2 Å². The molecule has 0 bridgehead atoms. The van der Waals surface area contributed by atoms with Crippen LogP contribution < -0.4 is 20.3 Å². The summed E-state index contributed by atoms with van der Waals surface area (Å²) < 4.78 is 5.18. The predicted octanol–water partition coefficient (Wildman–Crippen LogP) is 1.47. The van der Waals surface area contributed by atoms with Gasteiger partial charge in [-0.1, -0.05) is 13.8 Å². The fraction of sp³-hybridized carbons (Fsp3) is 0.607. The molecule has 0 unspecified atom stereocenters. The fourth-order valence-corrected chi connectivity index (χ4v) is 7.38. The second kappa shape index (κ2) is 11.3. The number of fused-ring (bicyclic) bond motifs is 2. The van der Waals surface area contributed by atoms with Crippen molar-refractivity contribution in [2.75, 3.05) is 46.2 Å². The lowest BCUT2D eigenvalue weighted by atomic mass is 9.47. The van der Waals surface area contributed by atoms with E-state index >= 15 is 0 Å². The number of aliphatic hydroxyl groups is 2. The third-order valence-corrected chi connectivity index (χ3v) is 9.81. The molecule has 2 aliphatic carbocycles. The average molecular weight is 546 g/mol. The minimum Gasteiger partial charge on any atom is -0.497 e. The number of nitrogens with one attached hydrogen (secondary N) is 3. The first-order valence-electron chi connectivity index (χ1n) is 13.3. The number of aliphatic hydroxyl groups excluding tert-OH is 2. The molecule has 9 nitrogen and oxygen atoms in total. The maximum absolute atomic E-state index is 13.1. The van der Waals surface area contributed by atoms with Gasteiger partial charge in [0.05, 0.1) is 52.7 Å². The smallest absolute Gasteiger partial charge is 0.257 e. The molecule has 2 aromatic rings. The lowest BCUT2D eigenvalue weighted by Gasteiger charge is -2.58. The Bertz CT molecular complexity index is 1150. The molecule has 0 spiro atoms. The molecule has 4 rings (SSSR count). The van der Waals surface area contributed by atoms with E-state index in [9.17, 15) is 19.8 Å². The highest BCUT2D eigenvalue weighted by atomic mass is 32.1. The van der Waals surface area contributed by atoms with Gasteiger partial charge in [-0.3, -0.25) is 14.9 Å². The molecule has 0 radical (unpaired) electrons. The van der Waals surface area contributed by atoms with Crippen LogP contribution in [0.3, 0.4) is 0 Å². The second-order valence-corrected chi connectivity index (χ2v) is 12.6. The van der Waals surface area contributed by atoms with Crippen LogP contribution >= 0.6 is 11.3 Å². The van der Waals surface area contributed by atoms with Crippen molar-refractivity contribution in [3.05, 3.63) is 40.4 Å². The molecular formula is C28H41N4O5S+. The molecule has 10 heteroatoms. The number of likely N-dealkylation sites (N-methyl/N-ethyl adjacent to an activating group) is 1. The standard InChI is InChI=1S/C28H40N4O5S/c1-27-11-10-22(34)28(2,16-33)21(27)15-20-24(19(27)14-23(35)29-12-13-32(3)4)30-26(38-20)31-25(36)17-6-8-18(37-5)9-7-17/h6-9,19,21-22,33-34H,10-16H2,1-5H3,(H,29,35)(H,30,31,36)/p+1/t19-,21+,22-,27+,28+/m1/s1. The molecule has 1 saturated carbocycles. The SMILES string of the molecule is COc1ccc(C(=O)Nc2nc3c(s2)C[C@@H]2[C@](C)(CO)[C@H](O)CC[C@@]2(C)[C@@H]3CC(=O)NCC[NH+](C)C)cc1. The highest BCUT2D eigenvalue weighted by molar-refractivity contribution is 7.15. The number of amides is 2. The lowest BCUT2D eigenvalue weighted by Crippen LogP contribution is -3.06. The first-order valence-corrected chi connectivity index (χ1v) is 14.1. The van der Waals surface area contributed by atoms with Gasteiger partial charge in [-0.05, 0) is 54.9 Å². The van der Waals surface area contributed by atoms with Crippen molar-refractivity contribution in [1.82, 2.24) is 10.3 Å². The van der Waals surface area contributed by atoms with Gasteiger partial charge in [0.25, 0.3) is 5.91 Å². The molecule has 5 atom stereocenters. The number of hydrogen-bond acceptors (Lipinski definition) is 7. The largest absolute Gasteiger partial charge is 0.497 e. The Morgan fingerprint density at radius 3 is 2.58 bits per heavy atom. The van der Waals surface area contributed by atoms with Crippen molar-refractivity contribution in [3.8, 4) is 5.75 Å². The molecule has 38 heavy (non-hydrogen) atoms. The number of rotatable bonds is 9. The molecule has 0 saturated heterocycles. The van der Waals surface area contributed by atoms with Crippen LogP contribution in [0.1, 0.15) is 60.0 Å². The molecule has 1 aromatic heterocycles. The van der Waals surface area contributed by atoms with Gasteiger partial charge in [-0.15, -0.1) is 11.3 Å². The van der Waals surface area contributed by atoms with Gasteiger partial charge < -0.3 is 25.2 Å². The molecule has 208 valence electrons. The number of thiazole rings is 1. The van der Waals surface area contributed by atoms with Crippen LogP contribution in [0.2, 0.25) is 0 Å². The number of nitrogens with zero attached hydrogens (tertiary/aromatic N) is 1. The number of ether oxygens (including phenoxy) is 1. The summed E-state index contributed by atoms with van der Waals surface area (Å²) >= 11 is 1.42. The van der Waals surface area contributed by atoms with E-state index < -0.39 is 11.5 Å². The molecule has 0 aliphatic heterocycles. The van der Waals surface area contributed by atoms with Crippen LogP contribution in [0.4, 0.5) is 5.13 Å². The van der Waals surface area contributed by atoms with Crippen molar-refractivity contribution in [3.63, 3.8) is 0 Å². The molecule has 1 aromatic carbocycles. The fourth-order valence-electron chi connectivity index (χ4n) is 6.32. The van der Waals surface area contributed by atoms with Crippen molar-refractivity contribution in [2.24, 2.45) is 16.7 Å². The van der Waals surface area contributed by atoms with E-state index in [0.29, 0.717) is 35.8 Å². The van der Waals surface area contributed by atoms with Crippen LogP contribution in [-0.4, -0.2) is 74.0 Å². The number of quaternary nitrogens is 1. The van der Waals surface area contributed by atoms with E-state index in [-0.39, 0.29) is 42.1 Å². The average Bonchev–Trinajstić information content (AvgIpc) is 3.29. The third-order valence-electron chi connectivity index (χ3n) is 8.80. The summed E-state index contributed by atoms with van der Waals surface area (Å²) in [5, 5.41) is 27.8. The summed E-state index contributed by atoms with van der Waals surface area (Å²) in [6.07, 6.45) is 1.59. The molecule has 1 fully saturated rings. The Kier molecular flexibility index (Phi) is 8.46. The van der Waals surface area contributed by atoms with Crippen LogP contribution in [0, 0.1) is 16.7 Å². The number of carbonyl (C=O) groups excluding carboxylic acids is 2. The summed E-state index contributed by atoms with van der Waals surface area (Å²) in [6.45, 7) is 5.42. The Morgan fingerprint density at radius 2 is 1.95 bits per heavy atom. The number of anilines is 1. The summed E-state index contributed by atoms with van der Waals surface area (Å²) in [4.78, 5) is 33.2. The number of aromatic nitrogens is 1. The van der Waals surface area contributed by atoms with E-state index in [0.717, 1.165) is 23.5 Å².